The number of carboxylic acids is 1. The molecule has 0 spiro atoms. The van der Waals surface area contributed by atoms with E-state index in [9.17, 15) is 14.7 Å². The number of nitrogens with zero attached hydrogens (tertiary/aromatic N) is 2. The fraction of sp³-hybridized carbons (Fsp3) is 0.522. The number of benzene rings is 1. The third-order valence-electron chi connectivity index (χ3n) is 7.54. The molecule has 4 fully saturated rings. The molecule has 3 unspecified atom stereocenters. The number of hydrogen-bond donors (Lipinski definition) is 2. The molecular formula is C23H26ClN3O4. The van der Waals surface area contributed by atoms with Crippen molar-refractivity contribution in [1.82, 2.24) is 9.78 Å². The number of halogens is 1. The third kappa shape index (κ3) is 3.21. The third-order valence-corrected chi connectivity index (χ3v) is 7.91. The summed E-state index contributed by atoms with van der Waals surface area (Å²) in [7, 11) is 1.61. The topological polar surface area (TPSA) is 93.4 Å². The van der Waals surface area contributed by atoms with Gasteiger partial charge in [-0.3, -0.25) is 9.59 Å². The maximum Gasteiger partial charge on any atom is 0.309 e. The first kappa shape index (κ1) is 20.4. The molecule has 3 atom stereocenters. The molecule has 1 aromatic carbocycles. The fourth-order valence-electron chi connectivity index (χ4n) is 6.65. The predicted molar refractivity (Wildman–Crippen MR) is 116 cm³/mol. The molecule has 2 N–H and O–H groups in total. The largest absolute Gasteiger partial charge is 0.496 e. The Morgan fingerprint density at radius 1 is 1.29 bits per heavy atom. The quantitative estimate of drug-likeness (QED) is 0.706. The summed E-state index contributed by atoms with van der Waals surface area (Å²) in [4.78, 5) is 25.6. The summed E-state index contributed by atoms with van der Waals surface area (Å²) in [6, 6.07) is 7.61. The Hall–Kier alpha value is -2.54. The number of carboxylic acid groups (broad SMARTS) is 1. The van der Waals surface area contributed by atoms with Crippen molar-refractivity contribution >= 4 is 23.3 Å². The van der Waals surface area contributed by atoms with E-state index in [1.54, 1.807) is 13.3 Å². The molecule has 1 heterocycles. The maximum atomic E-state index is 13.3. The van der Waals surface area contributed by atoms with E-state index in [1.807, 2.05) is 24.3 Å². The van der Waals surface area contributed by atoms with Crippen LogP contribution in [0.1, 0.15) is 37.7 Å². The van der Waals surface area contributed by atoms with Crippen LogP contribution in [-0.4, -0.2) is 28.0 Å². The molecule has 4 bridgehead atoms. The van der Waals surface area contributed by atoms with Crippen LogP contribution in [0, 0.1) is 23.7 Å². The lowest BCUT2D eigenvalue weighted by atomic mass is 9.48. The van der Waals surface area contributed by atoms with E-state index in [0.717, 1.165) is 30.6 Å². The van der Waals surface area contributed by atoms with Gasteiger partial charge in [-0.25, -0.2) is 4.68 Å². The number of ether oxygens (including phenoxy) is 1. The van der Waals surface area contributed by atoms with Crippen molar-refractivity contribution < 1.29 is 14.6 Å². The van der Waals surface area contributed by atoms with Gasteiger partial charge in [-0.2, -0.15) is 5.10 Å². The van der Waals surface area contributed by atoms with Crippen molar-refractivity contribution in [3.63, 3.8) is 0 Å². The highest BCUT2D eigenvalue weighted by atomic mass is 35.5. The molecule has 1 aromatic heterocycles. The van der Waals surface area contributed by atoms with Crippen molar-refractivity contribution in [2.75, 3.05) is 12.4 Å². The standard InChI is InChI=1S/C23H26ClN3O4/c1-31-18-5-3-2-4-15(18)11-25-17-12-26-27(21(28)20(17)24)23-9-13-6-14(10-23)8-16(7-13)19(23)22(29)30/h2-5,12-14,16,19,25H,6-11H2,1H3,(H,29,30). The normalized spacial score (nSPS) is 30.9. The van der Waals surface area contributed by atoms with E-state index in [1.165, 1.54) is 4.68 Å². The lowest BCUT2D eigenvalue weighted by Crippen LogP contribution is -2.63. The summed E-state index contributed by atoms with van der Waals surface area (Å²) in [6.07, 6.45) is 5.94. The second-order valence-electron chi connectivity index (χ2n) is 9.28. The number of anilines is 1. The van der Waals surface area contributed by atoms with Gasteiger partial charge in [-0.15, -0.1) is 0 Å². The zero-order valence-corrected chi connectivity index (χ0v) is 18.1. The first-order chi connectivity index (χ1) is 14.9. The second-order valence-corrected chi connectivity index (χ2v) is 9.66. The molecule has 6 rings (SSSR count). The number of nitrogens with one attached hydrogen (secondary N) is 1. The van der Waals surface area contributed by atoms with Gasteiger partial charge in [0, 0.05) is 12.1 Å². The lowest BCUT2D eigenvalue weighted by Gasteiger charge is -2.59. The molecule has 0 aliphatic heterocycles. The number of rotatable bonds is 6. The Morgan fingerprint density at radius 3 is 2.68 bits per heavy atom. The zero-order chi connectivity index (χ0) is 21.8. The van der Waals surface area contributed by atoms with Crippen molar-refractivity contribution in [3.05, 3.63) is 51.4 Å². The Labute approximate surface area is 185 Å². The smallest absolute Gasteiger partial charge is 0.309 e. The van der Waals surface area contributed by atoms with Crippen LogP contribution < -0.4 is 15.6 Å². The molecule has 0 radical (unpaired) electrons. The lowest BCUT2D eigenvalue weighted by molar-refractivity contribution is -0.168. The molecular weight excluding hydrogens is 418 g/mol. The van der Waals surface area contributed by atoms with Crippen LogP contribution in [0.4, 0.5) is 5.69 Å². The van der Waals surface area contributed by atoms with Gasteiger partial charge in [0.05, 0.1) is 30.5 Å². The van der Waals surface area contributed by atoms with Crippen molar-refractivity contribution in [2.45, 2.75) is 44.2 Å². The van der Waals surface area contributed by atoms with Crippen LogP contribution in [0.15, 0.2) is 35.3 Å². The van der Waals surface area contributed by atoms with Crippen LogP contribution >= 0.6 is 11.6 Å². The van der Waals surface area contributed by atoms with Crippen LogP contribution in [0.5, 0.6) is 5.75 Å². The van der Waals surface area contributed by atoms with E-state index in [2.05, 4.69) is 10.4 Å². The first-order valence-corrected chi connectivity index (χ1v) is 11.2. The molecule has 4 aliphatic rings. The van der Waals surface area contributed by atoms with Crippen LogP contribution in [0.2, 0.25) is 5.02 Å². The summed E-state index contributed by atoms with van der Waals surface area (Å²) in [5.74, 6) is 0.360. The molecule has 31 heavy (non-hydrogen) atoms. The van der Waals surface area contributed by atoms with Crippen LogP contribution in [-0.2, 0) is 16.9 Å². The van der Waals surface area contributed by atoms with Gasteiger partial charge in [-0.1, -0.05) is 29.8 Å². The van der Waals surface area contributed by atoms with Gasteiger partial charge in [0.15, 0.2) is 0 Å². The summed E-state index contributed by atoms with van der Waals surface area (Å²) < 4.78 is 6.78. The summed E-state index contributed by atoms with van der Waals surface area (Å²) in [5.41, 5.74) is 0.172. The minimum atomic E-state index is -0.827. The maximum absolute atomic E-state index is 13.3. The molecule has 2 aromatic rings. The van der Waals surface area contributed by atoms with Crippen molar-refractivity contribution in [1.29, 1.82) is 0 Å². The molecule has 7 nitrogen and oxygen atoms in total. The van der Waals surface area contributed by atoms with Crippen LogP contribution in [0.3, 0.4) is 0 Å². The number of hydrogen-bond acceptors (Lipinski definition) is 5. The molecule has 0 amide bonds. The second kappa shape index (κ2) is 7.55. The number of aromatic nitrogens is 2. The highest BCUT2D eigenvalue weighted by Gasteiger charge is 2.61. The number of aliphatic carboxylic acids is 1. The van der Waals surface area contributed by atoms with Crippen molar-refractivity contribution in [2.24, 2.45) is 23.7 Å². The van der Waals surface area contributed by atoms with Gasteiger partial charge in [-0.05, 0) is 55.9 Å². The summed E-state index contributed by atoms with van der Waals surface area (Å²) in [6.45, 7) is 0.421. The molecule has 0 saturated heterocycles. The highest BCUT2D eigenvalue weighted by molar-refractivity contribution is 6.32. The van der Waals surface area contributed by atoms with E-state index < -0.39 is 23.0 Å². The number of para-hydroxylation sites is 1. The Morgan fingerprint density at radius 2 is 2.00 bits per heavy atom. The van der Waals surface area contributed by atoms with Gasteiger partial charge < -0.3 is 15.2 Å². The molecule has 4 saturated carbocycles. The Balaban J connectivity index is 1.48. The molecule has 164 valence electrons. The molecule has 4 aliphatic carbocycles. The summed E-state index contributed by atoms with van der Waals surface area (Å²) in [5, 5.41) is 17.7. The zero-order valence-electron chi connectivity index (χ0n) is 17.4. The van der Waals surface area contributed by atoms with Gasteiger partial charge in [0.25, 0.3) is 5.56 Å². The van der Waals surface area contributed by atoms with Gasteiger partial charge in [0.2, 0.25) is 0 Å². The van der Waals surface area contributed by atoms with Crippen LogP contribution in [0.25, 0.3) is 0 Å². The number of methoxy groups -OCH3 is 1. The van der Waals surface area contributed by atoms with E-state index in [0.29, 0.717) is 36.9 Å². The van der Waals surface area contributed by atoms with Gasteiger partial charge >= 0.3 is 5.97 Å². The number of carbonyl (C=O) groups is 1. The average molecular weight is 444 g/mol. The highest BCUT2D eigenvalue weighted by Crippen LogP contribution is 2.61. The SMILES string of the molecule is COc1ccccc1CNc1cnn(C23CC4CC(CC(C4)C2C(=O)O)C3)c(=O)c1Cl. The minimum absolute atomic E-state index is 0.0461. The Bertz CT molecular complexity index is 1070. The van der Waals surface area contributed by atoms with E-state index in [4.69, 9.17) is 16.3 Å². The van der Waals surface area contributed by atoms with Gasteiger partial charge in [0.1, 0.15) is 10.8 Å². The Kier molecular flexibility index (Phi) is 4.96. The predicted octanol–water partition coefficient (Wildman–Crippen LogP) is 3.75. The summed E-state index contributed by atoms with van der Waals surface area (Å²) >= 11 is 6.49. The van der Waals surface area contributed by atoms with E-state index in [-0.39, 0.29) is 10.9 Å². The molecule has 8 heteroatoms. The minimum Gasteiger partial charge on any atom is -0.496 e. The fourth-order valence-corrected chi connectivity index (χ4v) is 6.84. The monoisotopic (exact) mass is 443 g/mol. The average Bonchev–Trinajstić information content (AvgIpc) is 2.73. The van der Waals surface area contributed by atoms with Crippen molar-refractivity contribution in [3.8, 4) is 5.75 Å². The van der Waals surface area contributed by atoms with E-state index >= 15 is 0 Å². The first-order valence-electron chi connectivity index (χ1n) is 10.8.